The number of likely N-dealkylation sites (tertiary alicyclic amines) is 1. The summed E-state index contributed by atoms with van der Waals surface area (Å²) in [7, 11) is 0. The number of aryl methyl sites for hydroxylation is 1. The lowest BCUT2D eigenvalue weighted by Gasteiger charge is -2.32. The molecule has 0 atom stereocenters. The zero-order valence-electron chi connectivity index (χ0n) is 18.0. The molecule has 1 fully saturated rings. The Morgan fingerprint density at radius 1 is 0.903 bits per heavy atom. The van der Waals surface area contributed by atoms with Gasteiger partial charge in [0.1, 0.15) is 6.10 Å². The van der Waals surface area contributed by atoms with Crippen LogP contribution in [0.2, 0.25) is 0 Å². The van der Waals surface area contributed by atoms with E-state index in [1.807, 2.05) is 60.7 Å². The molecule has 4 nitrogen and oxygen atoms in total. The molecule has 160 valence electrons. The first kappa shape index (κ1) is 21.1. The van der Waals surface area contributed by atoms with Gasteiger partial charge < -0.3 is 10.1 Å². The lowest BCUT2D eigenvalue weighted by molar-refractivity contribution is 0.0476. The summed E-state index contributed by atoms with van der Waals surface area (Å²) in [6, 6.07) is 28.3. The number of carbonyl (C=O) groups excluding carboxylic acids is 1. The highest BCUT2D eigenvalue weighted by Crippen LogP contribution is 2.23. The highest BCUT2D eigenvalue weighted by atomic mass is 16.6. The van der Waals surface area contributed by atoms with Crippen LogP contribution in [0.5, 0.6) is 0 Å². The highest BCUT2D eigenvalue weighted by Gasteiger charge is 2.24. The van der Waals surface area contributed by atoms with Crippen molar-refractivity contribution < 1.29 is 9.53 Å². The summed E-state index contributed by atoms with van der Waals surface area (Å²) in [6.45, 7) is 4.99. The number of amides is 1. The summed E-state index contributed by atoms with van der Waals surface area (Å²) < 4.78 is 5.81. The van der Waals surface area contributed by atoms with Crippen LogP contribution in [0.1, 0.15) is 41.1 Å². The molecule has 1 amide bonds. The van der Waals surface area contributed by atoms with Gasteiger partial charge in [0.2, 0.25) is 0 Å². The van der Waals surface area contributed by atoms with Gasteiger partial charge in [-0.2, -0.15) is 0 Å². The topological polar surface area (TPSA) is 41.6 Å². The van der Waals surface area contributed by atoms with Gasteiger partial charge in [-0.15, -0.1) is 0 Å². The Balaban J connectivity index is 1.32. The summed E-state index contributed by atoms with van der Waals surface area (Å²) in [4.78, 5) is 15.2. The minimum atomic E-state index is -0.352. The van der Waals surface area contributed by atoms with Crippen LogP contribution in [0.4, 0.5) is 4.79 Å². The van der Waals surface area contributed by atoms with E-state index in [1.54, 1.807) is 0 Å². The molecule has 0 aliphatic carbocycles. The predicted molar refractivity (Wildman–Crippen MR) is 124 cm³/mol. The molecule has 1 heterocycles. The quantitative estimate of drug-likeness (QED) is 0.581. The fourth-order valence-corrected chi connectivity index (χ4v) is 4.17. The molecule has 0 saturated carbocycles. The van der Waals surface area contributed by atoms with Crippen LogP contribution in [-0.2, 0) is 11.3 Å². The molecule has 0 unspecified atom stereocenters. The Bertz CT molecular complexity index is 927. The first-order valence-corrected chi connectivity index (χ1v) is 11.0. The largest absolute Gasteiger partial charge is 0.446 e. The molecule has 1 saturated heterocycles. The van der Waals surface area contributed by atoms with E-state index in [4.69, 9.17) is 4.74 Å². The second-order valence-corrected chi connectivity index (χ2v) is 8.21. The van der Waals surface area contributed by atoms with Crippen molar-refractivity contribution in [3.05, 3.63) is 107 Å². The molecular formula is C27H30N2O2. The smallest absolute Gasteiger partial charge is 0.408 e. The lowest BCUT2D eigenvalue weighted by atomic mass is 9.99. The molecule has 1 aliphatic rings. The number of nitrogens with one attached hydrogen (secondary N) is 1. The van der Waals surface area contributed by atoms with Crippen LogP contribution >= 0.6 is 0 Å². The van der Waals surface area contributed by atoms with E-state index in [9.17, 15) is 4.79 Å². The van der Waals surface area contributed by atoms with Crippen LogP contribution < -0.4 is 5.32 Å². The number of carbonyl (C=O) groups is 1. The number of rotatable bonds is 6. The Morgan fingerprint density at radius 2 is 1.45 bits per heavy atom. The molecule has 4 heteroatoms. The monoisotopic (exact) mass is 414 g/mol. The molecule has 3 aromatic carbocycles. The lowest BCUT2D eigenvalue weighted by Crippen LogP contribution is -2.40. The first-order valence-electron chi connectivity index (χ1n) is 11.0. The Kier molecular flexibility index (Phi) is 7.00. The van der Waals surface area contributed by atoms with Gasteiger partial charge in [0.25, 0.3) is 0 Å². The van der Waals surface area contributed by atoms with Crippen molar-refractivity contribution >= 4 is 6.09 Å². The average molecular weight is 415 g/mol. The second-order valence-electron chi connectivity index (χ2n) is 8.21. The standard InChI is InChI=1S/C27H30N2O2/c1-21-10-8-9-15-24(21)20-29-18-16-25(17-19-29)31-27(30)28-26(22-11-4-2-5-12-22)23-13-6-3-7-14-23/h2-15,25-26H,16-20H2,1H3,(H,28,30). The molecule has 1 N–H and O–H groups in total. The predicted octanol–water partition coefficient (Wildman–Crippen LogP) is 5.48. The van der Waals surface area contributed by atoms with Gasteiger partial charge in [0.05, 0.1) is 6.04 Å². The van der Waals surface area contributed by atoms with Crippen molar-refractivity contribution in [2.45, 2.75) is 38.5 Å². The van der Waals surface area contributed by atoms with E-state index < -0.39 is 0 Å². The zero-order chi connectivity index (χ0) is 21.5. The van der Waals surface area contributed by atoms with Crippen molar-refractivity contribution in [2.24, 2.45) is 0 Å². The molecule has 31 heavy (non-hydrogen) atoms. The molecule has 3 aromatic rings. The fraction of sp³-hybridized carbons (Fsp3) is 0.296. The van der Waals surface area contributed by atoms with Crippen LogP contribution in [0.15, 0.2) is 84.9 Å². The van der Waals surface area contributed by atoms with Gasteiger partial charge in [0.15, 0.2) is 0 Å². The summed E-state index contributed by atoms with van der Waals surface area (Å²) in [6.07, 6.45) is 1.33. The average Bonchev–Trinajstić information content (AvgIpc) is 2.81. The molecule has 1 aliphatic heterocycles. The Labute approximate surface area is 184 Å². The Hall–Kier alpha value is -3.11. The van der Waals surface area contributed by atoms with Gasteiger partial charge in [-0.25, -0.2) is 4.79 Å². The van der Waals surface area contributed by atoms with Gasteiger partial charge >= 0.3 is 6.09 Å². The zero-order valence-corrected chi connectivity index (χ0v) is 18.0. The molecule has 4 rings (SSSR count). The van der Waals surface area contributed by atoms with Crippen LogP contribution in [0, 0.1) is 6.92 Å². The van der Waals surface area contributed by atoms with Gasteiger partial charge in [-0.05, 0) is 42.0 Å². The van der Waals surface area contributed by atoms with Gasteiger partial charge in [-0.1, -0.05) is 84.9 Å². The molecule has 0 spiro atoms. The summed E-state index contributed by atoms with van der Waals surface area (Å²) in [5, 5.41) is 3.08. The Morgan fingerprint density at radius 3 is 2.03 bits per heavy atom. The number of piperidine rings is 1. The maximum absolute atomic E-state index is 12.7. The van der Waals surface area contributed by atoms with Gasteiger partial charge in [-0.3, -0.25) is 4.90 Å². The van der Waals surface area contributed by atoms with Crippen molar-refractivity contribution in [3.8, 4) is 0 Å². The van der Waals surface area contributed by atoms with Crippen LogP contribution in [0.3, 0.4) is 0 Å². The number of nitrogens with zero attached hydrogens (tertiary/aromatic N) is 1. The number of alkyl carbamates (subject to hydrolysis) is 1. The van der Waals surface area contributed by atoms with E-state index in [-0.39, 0.29) is 18.2 Å². The van der Waals surface area contributed by atoms with Crippen molar-refractivity contribution in [3.63, 3.8) is 0 Å². The minimum absolute atomic E-state index is 0.0414. The van der Waals surface area contributed by atoms with E-state index in [0.717, 1.165) is 43.6 Å². The van der Waals surface area contributed by atoms with E-state index in [0.29, 0.717) is 0 Å². The number of benzene rings is 3. The number of ether oxygens (including phenoxy) is 1. The number of hydrogen-bond acceptors (Lipinski definition) is 3. The number of hydrogen-bond donors (Lipinski definition) is 1. The maximum Gasteiger partial charge on any atom is 0.408 e. The summed E-state index contributed by atoms with van der Waals surface area (Å²) in [5.41, 5.74) is 4.78. The van der Waals surface area contributed by atoms with Crippen molar-refractivity contribution in [1.82, 2.24) is 10.2 Å². The first-order chi connectivity index (χ1) is 15.2. The van der Waals surface area contributed by atoms with Crippen molar-refractivity contribution in [2.75, 3.05) is 13.1 Å². The highest BCUT2D eigenvalue weighted by molar-refractivity contribution is 5.69. The third-order valence-corrected chi connectivity index (χ3v) is 5.99. The minimum Gasteiger partial charge on any atom is -0.446 e. The third kappa shape index (κ3) is 5.74. The third-order valence-electron chi connectivity index (χ3n) is 5.99. The fourth-order valence-electron chi connectivity index (χ4n) is 4.17. The molecule has 0 aromatic heterocycles. The van der Waals surface area contributed by atoms with E-state index in [2.05, 4.69) is 41.4 Å². The summed E-state index contributed by atoms with van der Waals surface area (Å²) >= 11 is 0. The van der Waals surface area contributed by atoms with Crippen LogP contribution in [-0.4, -0.2) is 30.2 Å². The van der Waals surface area contributed by atoms with Gasteiger partial charge in [0, 0.05) is 19.6 Å². The maximum atomic E-state index is 12.7. The SMILES string of the molecule is Cc1ccccc1CN1CCC(OC(=O)NC(c2ccccc2)c2ccccc2)CC1. The van der Waals surface area contributed by atoms with Crippen molar-refractivity contribution in [1.29, 1.82) is 0 Å². The second kappa shape index (κ2) is 10.3. The molecule has 0 radical (unpaired) electrons. The van der Waals surface area contributed by atoms with E-state index >= 15 is 0 Å². The normalized spacial score (nSPS) is 15.0. The van der Waals surface area contributed by atoms with Crippen LogP contribution in [0.25, 0.3) is 0 Å². The molecule has 0 bridgehead atoms. The molecular weight excluding hydrogens is 384 g/mol. The summed E-state index contributed by atoms with van der Waals surface area (Å²) in [5.74, 6) is 0. The van der Waals surface area contributed by atoms with E-state index in [1.165, 1.54) is 11.1 Å².